The van der Waals surface area contributed by atoms with Gasteiger partial charge >= 0.3 is 5.69 Å². The van der Waals surface area contributed by atoms with Crippen LogP contribution >= 0.6 is 0 Å². The van der Waals surface area contributed by atoms with Crippen LogP contribution in [0.1, 0.15) is 64.3 Å². The summed E-state index contributed by atoms with van der Waals surface area (Å²) < 4.78 is 14.8. The number of imide groups is 1. The van der Waals surface area contributed by atoms with Gasteiger partial charge in [0, 0.05) is 74.2 Å². The molecular weight excluding hydrogens is 725 g/mol. The highest BCUT2D eigenvalue weighted by atomic mass is 16.5. The van der Waals surface area contributed by atoms with Gasteiger partial charge in [0.25, 0.3) is 5.91 Å². The summed E-state index contributed by atoms with van der Waals surface area (Å²) in [5.41, 5.74) is 7.56. The first kappa shape index (κ1) is 36.1. The molecule has 10 rings (SSSR count). The molecule has 0 atom stereocenters. The van der Waals surface area contributed by atoms with Crippen LogP contribution in [-0.2, 0) is 33.8 Å². The Kier molecular flexibility index (Phi) is 8.77. The van der Waals surface area contributed by atoms with E-state index in [9.17, 15) is 19.2 Å². The lowest BCUT2D eigenvalue weighted by Crippen LogP contribution is -2.64. The SMILES string of the molecule is Cc1cc(-c2ncc(N(C)c3cc(C4CCOCC4)c4c(c3)n(C)c(=O)n4C)cn2)cnc1C(=O)NCC#Cc1ccc2occ(C34CC(C3)C(=O)NC4=O)c2c1. The highest BCUT2D eigenvalue weighted by Crippen LogP contribution is 2.53. The third-order valence-electron chi connectivity index (χ3n) is 11.9. The number of fused-ring (bicyclic) bond motifs is 4. The summed E-state index contributed by atoms with van der Waals surface area (Å²) >= 11 is 0. The van der Waals surface area contributed by atoms with E-state index in [4.69, 9.17) is 9.15 Å². The van der Waals surface area contributed by atoms with E-state index in [1.807, 2.05) is 56.3 Å². The number of nitrogens with one attached hydrogen (secondary N) is 2. The third-order valence-corrected chi connectivity index (χ3v) is 11.9. The number of imidazole rings is 1. The van der Waals surface area contributed by atoms with Crippen molar-refractivity contribution in [3.8, 4) is 23.2 Å². The zero-order chi connectivity index (χ0) is 39.6. The quantitative estimate of drug-likeness (QED) is 0.174. The lowest BCUT2D eigenvalue weighted by molar-refractivity contribution is -0.151. The minimum atomic E-state index is -0.755. The zero-order valence-corrected chi connectivity index (χ0v) is 32.0. The van der Waals surface area contributed by atoms with E-state index in [-0.39, 0.29) is 47.5 Å². The van der Waals surface area contributed by atoms with Crippen LogP contribution in [0, 0.1) is 24.7 Å². The van der Waals surface area contributed by atoms with Gasteiger partial charge in [0.05, 0.1) is 47.3 Å². The smallest absolute Gasteiger partial charge is 0.328 e. The van der Waals surface area contributed by atoms with Gasteiger partial charge in [0.1, 0.15) is 11.3 Å². The number of amides is 3. The number of hydrogen-bond donors (Lipinski definition) is 2. The van der Waals surface area contributed by atoms with E-state index in [2.05, 4.69) is 43.5 Å². The Labute approximate surface area is 327 Å². The Morgan fingerprint density at radius 3 is 2.49 bits per heavy atom. The Morgan fingerprint density at radius 2 is 1.75 bits per heavy atom. The molecule has 2 bridgehead atoms. The molecule has 2 N–H and O–H groups in total. The van der Waals surface area contributed by atoms with Crippen molar-refractivity contribution in [2.75, 3.05) is 31.7 Å². The van der Waals surface area contributed by atoms with Crippen molar-refractivity contribution in [3.05, 3.63) is 99.7 Å². The van der Waals surface area contributed by atoms with Crippen LogP contribution in [0.15, 0.2) is 70.5 Å². The summed E-state index contributed by atoms with van der Waals surface area (Å²) in [6, 6.07) is 11.5. The molecule has 0 spiro atoms. The minimum Gasteiger partial charge on any atom is -0.464 e. The fraction of sp³-hybridized carbons (Fsp3) is 0.326. The number of ether oxygens (including phenoxy) is 1. The first-order valence-corrected chi connectivity index (χ1v) is 19.0. The van der Waals surface area contributed by atoms with Crippen LogP contribution in [0.25, 0.3) is 33.4 Å². The fourth-order valence-electron chi connectivity index (χ4n) is 8.57. The summed E-state index contributed by atoms with van der Waals surface area (Å²) in [5, 5.41) is 6.10. The van der Waals surface area contributed by atoms with Crippen LogP contribution in [0.5, 0.6) is 0 Å². The maximum atomic E-state index is 13.1. The number of pyridine rings is 1. The average Bonchev–Trinajstić information content (AvgIpc) is 3.72. The predicted molar refractivity (Wildman–Crippen MR) is 212 cm³/mol. The number of carbonyl (C=O) groups is 3. The molecule has 288 valence electrons. The summed E-state index contributed by atoms with van der Waals surface area (Å²) in [7, 11) is 5.58. The van der Waals surface area contributed by atoms with Gasteiger partial charge in [0.2, 0.25) is 11.8 Å². The standard InChI is InChI=1S/C43H40N8O6/c1-24-14-27(38-46-21-30(22-47-38)49(2)29-16-31(26-9-12-56-13-10-26)37-34(17-29)50(3)42(55)51(37)4)20-45-36(24)40(53)44-11-5-6-25-7-8-35-32(15-25)33(23-57-35)43-18-28(19-43)39(52)48-41(43)54/h7-8,14-17,20-23,26,28H,9-13,18-19H2,1-4H3,(H,44,53)(H,48,52,54). The maximum absolute atomic E-state index is 13.1. The van der Waals surface area contributed by atoms with Crippen molar-refractivity contribution < 1.29 is 23.5 Å². The van der Waals surface area contributed by atoms with Crippen LogP contribution in [0.2, 0.25) is 0 Å². The molecule has 3 amide bonds. The van der Waals surface area contributed by atoms with Crippen LogP contribution in [0.4, 0.5) is 11.4 Å². The highest BCUT2D eigenvalue weighted by molar-refractivity contribution is 6.09. The van der Waals surface area contributed by atoms with Gasteiger partial charge < -0.3 is 19.4 Å². The van der Waals surface area contributed by atoms with Gasteiger partial charge in [-0.15, -0.1) is 0 Å². The number of rotatable bonds is 7. The molecule has 14 heteroatoms. The third kappa shape index (κ3) is 6.06. The van der Waals surface area contributed by atoms with E-state index >= 15 is 0 Å². The second-order valence-electron chi connectivity index (χ2n) is 15.3. The number of hydrogen-bond acceptors (Lipinski definition) is 10. The predicted octanol–water partition coefficient (Wildman–Crippen LogP) is 4.53. The van der Waals surface area contributed by atoms with Crippen molar-refractivity contribution in [1.29, 1.82) is 0 Å². The first-order chi connectivity index (χ1) is 27.5. The molecule has 14 nitrogen and oxygen atoms in total. The summed E-state index contributed by atoms with van der Waals surface area (Å²) in [4.78, 5) is 66.6. The Balaban J connectivity index is 0.871. The molecule has 7 heterocycles. The zero-order valence-electron chi connectivity index (χ0n) is 32.0. The Morgan fingerprint density at radius 1 is 0.982 bits per heavy atom. The number of nitrogens with zero attached hydrogens (tertiary/aromatic N) is 6. The lowest BCUT2D eigenvalue weighted by Gasteiger charge is -2.49. The minimum absolute atomic E-state index is 0.0630. The number of benzene rings is 2. The summed E-state index contributed by atoms with van der Waals surface area (Å²) in [5.74, 6) is 5.84. The Bertz CT molecular complexity index is 2760. The number of aromatic nitrogens is 5. The van der Waals surface area contributed by atoms with Gasteiger partial charge in [-0.25, -0.2) is 14.8 Å². The molecule has 4 fully saturated rings. The molecular formula is C43H40N8O6. The number of carbonyl (C=O) groups excluding carboxylic acids is 3. The van der Waals surface area contributed by atoms with Crippen molar-refractivity contribution in [3.63, 3.8) is 0 Å². The molecule has 6 aromatic rings. The summed E-state index contributed by atoms with van der Waals surface area (Å²) in [6.45, 7) is 3.30. The second-order valence-corrected chi connectivity index (χ2v) is 15.3. The number of aryl methyl sites for hydroxylation is 3. The highest BCUT2D eigenvalue weighted by Gasteiger charge is 2.59. The molecule has 4 aliphatic rings. The molecule has 1 aliphatic carbocycles. The van der Waals surface area contributed by atoms with Crippen molar-refractivity contribution in [2.45, 2.75) is 43.9 Å². The molecule has 0 radical (unpaired) electrons. The Hall–Kier alpha value is -6.59. The van der Waals surface area contributed by atoms with Crippen molar-refractivity contribution in [2.24, 2.45) is 20.0 Å². The van der Waals surface area contributed by atoms with E-state index in [0.717, 1.165) is 51.8 Å². The van der Waals surface area contributed by atoms with Gasteiger partial charge in [-0.1, -0.05) is 11.8 Å². The average molecular weight is 765 g/mol. The second kappa shape index (κ2) is 13.9. The fourth-order valence-corrected chi connectivity index (χ4v) is 8.57. The van der Waals surface area contributed by atoms with E-state index < -0.39 is 5.41 Å². The van der Waals surface area contributed by atoms with Gasteiger partial charge in [0.15, 0.2) is 5.82 Å². The molecule has 0 unspecified atom stereocenters. The van der Waals surface area contributed by atoms with Gasteiger partial charge in [-0.05, 0) is 86.1 Å². The number of anilines is 2. The maximum Gasteiger partial charge on any atom is 0.328 e. The molecule has 1 saturated carbocycles. The largest absolute Gasteiger partial charge is 0.464 e. The molecule has 2 aromatic carbocycles. The molecule has 3 aliphatic heterocycles. The molecule has 3 saturated heterocycles. The van der Waals surface area contributed by atoms with E-state index in [1.54, 1.807) is 41.0 Å². The monoisotopic (exact) mass is 764 g/mol. The van der Waals surface area contributed by atoms with Crippen LogP contribution < -0.4 is 21.2 Å². The first-order valence-electron chi connectivity index (χ1n) is 19.0. The van der Waals surface area contributed by atoms with Crippen LogP contribution in [-0.4, -0.2) is 68.6 Å². The lowest BCUT2D eigenvalue weighted by atomic mass is 9.55. The van der Waals surface area contributed by atoms with Crippen LogP contribution in [0.3, 0.4) is 0 Å². The molecule has 57 heavy (non-hydrogen) atoms. The normalized spacial score (nSPS) is 19.2. The van der Waals surface area contributed by atoms with E-state index in [1.165, 1.54) is 0 Å². The summed E-state index contributed by atoms with van der Waals surface area (Å²) in [6.07, 6.45) is 9.45. The van der Waals surface area contributed by atoms with E-state index in [0.29, 0.717) is 54.2 Å². The van der Waals surface area contributed by atoms with Crippen molar-refractivity contribution >= 4 is 51.1 Å². The topological polar surface area (TPSA) is 166 Å². The van der Waals surface area contributed by atoms with Crippen molar-refractivity contribution in [1.82, 2.24) is 34.7 Å². The van der Waals surface area contributed by atoms with Gasteiger partial charge in [-0.2, -0.15) is 0 Å². The number of furan rings is 1. The van der Waals surface area contributed by atoms with Gasteiger partial charge in [-0.3, -0.25) is 33.8 Å². The number of piperidine rings is 2. The molecule has 4 aromatic heterocycles.